The van der Waals surface area contributed by atoms with Crippen LogP contribution in [0.4, 0.5) is 0 Å². The molecule has 4 rings (SSSR count). The number of carbonyl (C=O) groups excluding carboxylic acids is 2. The molecule has 0 radical (unpaired) electrons. The Morgan fingerprint density at radius 1 is 1.21 bits per heavy atom. The number of amidine groups is 1. The molecule has 4 aliphatic heterocycles. The molecule has 0 aromatic rings. The Kier molecular flexibility index (Phi) is 6.65. The molecule has 186 valence electrons. The van der Waals surface area contributed by atoms with Crippen molar-refractivity contribution in [1.29, 1.82) is 10.8 Å². The normalized spacial score (nSPS) is 32.0. The molecule has 0 aromatic heterocycles. The van der Waals surface area contributed by atoms with E-state index in [0.717, 1.165) is 0 Å². The second-order valence-corrected chi connectivity index (χ2v) is 10.8. The highest BCUT2D eigenvalue weighted by Gasteiger charge is 2.60. The Bertz CT molecular complexity index is 946. The van der Waals surface area contributed by atoms with Gasteiger partial charge in [-0.25, -0.2) is 4.79 Å². The summed E-state index contributed by atoms with van der Waals surface area (Å²) in [5.41, 5.74) is -0.0151. The molecular weight excluding hydrogens is 460 g/mol. The van der Waals surface area contributed by atoms with Crippen molar-refractivity contribution in [1.82, 2.24) is 19.6 Å². The summed E-state index contributed by atoms with van der Waals surface area (Å²) in [7, 11) is 0. The van der Waals surface area contributed by atoms with Crippen LogP contribution in [0.15, 0.2) is 10.6 Å². The lowest BCUT2D eigenvalue weighted by molar-refractivity contribution is -0.163. The maximum Gasteiger partial charge on any atom is 0.353 e. The van der Waals surface area contributed by atoms with Gasteiger partial charge in [0.05, 0.1) is 30.2 Å². The fraction of sp³-hybridized carbons (Fsp3) is 0.682. The van der Waals surface area contributed by atoms with Crippen molar-refractivity contribution in [3.8, 4) is 0 Å². The number of aliphatic hydroxyl groups excluding tert-OH is 1. The lowest BCUT2D eigenvalue weighted by Gasteiger charge is -2.46. The lowest BCUT2D eigenvalue weighted by atomic mass is 9.79. The summed E-state index contributed by atoms with van der Waals surface area (Å²) in [6.45, 7) is 7.88. The zero-order valence-electron chi connectivity index (χ0n) is 19.6. The quantitative estimate of drug-likeness (QED) is 0.231. The molecule has 0 aliphatic carbocycles. The summed E-state index contributed by atoms with van der Waals surface area (Å²) in [6.07, 6.45) is 0.797. The number of nitrogens with one attached hydrogen (secondary N) is 2. The molecular formula is C22H32N6O5S. The fourth-order valence-corrected chi connectivity index (χ4v) is 7.16. The van der Waals surface area contributed by atoms with Gasteiger partial charge in [-0.3, -0.25) is 20.4 Å². The summed E-state index contributed by atoms with van der Waals surface area (Å²) in [5, 5.41) is 35.4. The molecule has 2 amide bonds. The van der Waals surface area contributed by atoms with E-state index in [2.05, 4.69) is 0 Å². The van der Waals surface area contributed by atoms with Crippen LogP contribution in [0.25, 0.3) is 0 Å². The number of thioether (sulfide) groups is 1. The van der Waals surface area contributed by atoms with Gasteiger partial charge in [0.15, 0.2) is 0 Å². The SMILES string of the molecule is CC(=N)N1CCN(C(=O)[C@@H]2C[C@H](SC3=C(C(=O)O)N4C(=O)[C@H](C(C)O)[C@H]4[C@H]3C)CN2C=N)CC1. The summed E-state index contributed by atoms with van der Waals surface area (Å²) in [4.78, 5) is 45.2. The Labute approximate surface area is 202 Å². The Hall–Kier alpha value is -2.60. The number of carbonyl (C=O) groups is 3. The number of aliphatic carboxylic acids is 1. The van der Waals surface area contributed by atoms with Crippen molar-refractivity contribution in [3.05, 3.63) is 10.6 Å². The van der Waals surface area contributed by atoms with Crippen LogP contribution in [0.1, 0.15) is 27.2 Å². The number of β-lactam (4-membered cyclic amide) rings is 1. The third-order valence-corrected chi connectivity index (χ3v) is 8.92. The number of carboxylic acid groups (broad SMARTS) is 1. The highest BCUT2D eigenvalue weighted by Crippen LogP contribution is 2.52. The number of hydrogen-bond donors (Lipinski definition) is 4. The molecule has 4 N–H and O–H groups in total. The second-order valence-electron chi connectivity index (χ2n) is 9.49. The number of rotatable bonds is 6. The first kappa shape index (κ1) is 24.5. The van der Waals surface area contributed by atoms with Crippen molar-refractivity contribution in [2.45, 2.75) is 50.6 Å². The average Bonchev–Trinajstić information content (AvgIpc) is 3.30. The van der Waals surface area contributed by atoms with Gasteiger partial charge in [-0.1, -0.05) is 6.92 Å². The Balaban J connectivity index is 1.47. The molecule has 3 saturated heterocycles. The molecule has 1 unspecified atom stereocenters. The van der Waals surface area contributed by atoms with Gasteiger partial charge in [0, 0.05) is 48.8 Å². The van der Waals surface area contributed by atoms with E-state index in [1.807, 2.05) is 11.8 Å². The van der Waals surface area contributed by atoms with Crippen LogP contribution in [0.2, 0.25) is 0 Å². The van der Waals surface area contributed by atoms with E-state index in [4.69, 9.17) is 10.8 Å². The average molecular weight is 493 g/mol. The van der Waals surface area contributed by atoms with E-state index in [0.29, 0.717) is 49.9 Å². The largest absolute Gasteiger partial charge is 0.477 e. The molecule has 0 aromatic carbocycles. The molecule has 0 saturated carbocycles. The van der Waals surface area contributed by atoms with Crippen LogP contribution in [0, 0.1) is 22.7 Å². The van der Waals surface area contributed by atoms with Gasteiger partial charge in [0.1, 0.15) is 11.7 Å². The molecule has 34 heavy (non-hydrogen) atoms. The number of hydrogen-bond acceptors (Lipinski definition) is 7. The van der Waals surface area contributed by atoms with Gasteiger partial charge in [-0.2, -0.15) is 0 Å². The van der Waals surface area contributed by atoms with Crippen molar-refractivity contribution in [2.75, 3.05) is 32.7 Å². The van der Waals surface area contributed by atoms with Crippen molar-refractivity contribution in [2.24, 2.45) is 11.8 Å². The molecule has 6 atom stereocenters. The maximum atomic E-state index is 13.3. The monoisotopic (exact) mass is 492 g/mol. The Morgan fingerprint density at radius 3 is 2.35 bits per heavy atom. The van der Waals surface area contributed by atoms with Crippen molar-refractivity contribution < 1.29 is 24.6 Å². The van der Waals surface area contributed by atoms with Crippen LogP contribution >= 0.6 is 11.8 Å². The fourth-order valence-electron chi connectivity index (χ4n) is 5.62. The maximum absolute atomic E-state index is 13.3. The first-order chi connectivity index (χ1) is 16.1. The molecule has 4 heterocycles. The van der Waals surface area contributed by atoms with Gasteiger partial charge < -0.3 is 29.8 Å². The highest BCUT2D eigenvalue weighted by atomic mass is 32.2. The zero-order chi connectivity index (χ0) is 24.9. The van der Waals surface area contributed by atoms with Crippen LogP contribution in [-0.2, 0) is 14.4 Å². The van der Waals surface area contributed by atoms with Crippen LogP contribution in [-0.4, -0.2) is 116 Å². The van der Waals surface area contributed by atoms with Crippen LogP contribution in [0.5, 0.6) is 0 Å². The number of carboxylic acids is 1. The number of nitrogens with zero attached hydrogens (tertiary/aromatic N) is 4. The molecule has 0 spiro atoms. The van der Waals surface area contributed by atoms with Gasteiger partial charge in [-0.05, 0) is 20.3 Å². The summed E-state index contributed by atoms with van der Waals surface area (Å²) in [6, 6.07) is -0.857. The van der Waals surface area contributed by atoms with E-state index in [9.17, 15) is 24.6 Å². The molecule has 11 nitrogen and oxygen atoms in total. The summed E-state index contributed by atoms with van der Waals surface area (Å²) < 4.78 is 0. The lowest BCUT2D eigenvalue weighted by Crippen LogP contribution is -2.63. The van der Waals surface area contributed by atoms with Crippen molar-refractivity contribution in [3.63, 3.8) is 0 Å². The predicted molar refractivity (Wildman–Crippen MR) is 126 cm³/mol. The number of fused-ring (bicyclic) bond motifs is 1. The first-order valence-corrected chi connectivity index (χ1v) is 12.4. The minimum Gasteiger partial charge on any atom is -0.477 e. The minimum absolute atomic E-state index is 0.0151. The van der Waals surface area contributed by atoms with Crippen LogP contribution in [0.3, 0.4) is 0 Å². The van der Waals surface area contributed by atoms with Gasteiger partial charge >= 0.3 is 5.97 Å². The number of piperazine rings is 1. The minimum atomic E-state index is -1.16. The van der Waals surface area contributed by atoms with E-state index in [1.54, 1.807) is 23.6 Å². The Morgan fingerprint density at radius 2 is 1.82 bits per heavy atom. The van der Waals surface area contributed by atoms with E-state index in [1.165, 1.54) is 23.0 Å². The van der Waals surface area contributed by atoms with Gasteiger partial charge in [0.2, 0.25) is 11.8 Å². The number of amides is 2. The number of likely N-dealkylation sites (tertiary alicyclic amines) is 1. The second kappa shape index (κ2) is 9.21. The van der Waals surface area contributed by atoms with E-state index >= 15 is 0 Å². The standard InChI is InChI=1S/C22H32N6O5S/c1-11-17-16(12(2)29)21(31)28(17)18(22(32)33)19(11)34-14-8-15(27(9-14)10-23)20(30)26-6-4-25(5-7-26)13(3)24/h10-12,14-17,23-24,29H,4-9H2,1-3H3,(H,32,33)/t11-,12?,14+,15+,16-,17-/m1/s1. The highest BCUT2D eigenvalue weighted by molar-refractivity contribution is 8.03. The smallest absolute Gasteiger partial charge is 0.353 e. The van der Waals surface area contributed by atoms with Gasteiger partial charge in [-0.15, -0.1) is 11.8 Å². The topological polar surface area (TPSA) is 152 Å². The molecule has 0 bridgehead atoms. The zero-order valence-corrected chi connectivity index (χ0v) is 20.4. The molecule has 4 aliphatic rings. The third-order valence-electron chi connectivity index (χ3n) is 7.42. The van der Waals surface area contributed by atoms with E-state index < -0.39 is 24.0 Å². The summed E-state index contributed by atoms with van der Waals surface area (Å²) in [5.74, 6) is -1.92. The molecule has 3 fully saturated rings. The summed E-state index contributed by atoms with van der Waals surface area (Å²) >= 11 is 1.39. The predicted octanol–water partition coefficient (Wildman–Crippen LogP) is 0.0646. The van der Waals surface area contributed by atoms with E-state index in [-0.39, 0.29) is 34.7 Å². The third kappa shape index (κ3) is 3.96. The van der Waals surface area contributed by atoms with Crippen molar-refractivity contribution >= 4 is 41.7 Å². The number of aliphatic hydroxyl groups is 1. The van der Waals surface area contributed by atoms with Crippen LogP contribution < -0.4 is 0 Å². The first-order valence-electron chi connectivity index (χ1n) is 11.6. The van der Waals surface area contributed by atoms with Gasteiger partial charge in [0.25, 0.3) is 0 Å². The molecule has 12 heteroatoms.